The monoisotopic (exact) mass is 457 g/mol. The van der Waals surface area contributed by atoms with Gasteiger partial charge in [0, 0.05) is 12.6 Å². The Balaban J connectivity index is 1.47. The smallest absolute Gasteiger partial charge is 0.307 e. The molecule has 0 radical (unpaired) electrons. The average Bonchev–Trinajstić information content (AvgIpc) is 2.77. The number of carbonyl (C=O) groups is 2. The summed E-state index contributed by atoms with van der Waals surface area (Å²) in [5.41, 5.74) is -0.322. The molecule has 0 aromatic heterocycles. The van der Waals surface area contributed by atoms with Gasteiger partial charge in [-0.15, -0.1) is 0 Å². The first kappa shape index (κ1) is 22.8. The normalized spacial score (nSPS) is 11.1. The fourth-order valence-corrected chi connectivity index (χ4v) is 3.92. The molecule has 0 saturated heterocycles. The van der Waals surface area contributed by atoms with Gasteiger partial charge in [0.25, 0.3) is 11.6 Å². The Morgan fingerprint density at radius 3 is 2.41 bits per heavy atom. The van der Waals surface area contributed by atoms with Crippen LogP contribution in [0.5, 0.6) is 0 Å². The lowest BCUT2D eigenvalue weighted by Crippen LogP contribution is -2.28. The Morgan fingerprint density at radius 1 is 0.969 bits per heavy atom. The SMILES string of the molecule is O=C(COC(=O)CCNS(=O)(=O)c1ccc2ccccc2c1)Nc1ccccc1[N+](=O)[O-]. The van der Waals surface area contributed by atoms with Gasteiger partial charge in [0.1, 0.15) is 5.69 Å². The second-order valence-corrected chi connectivity index (χ2v) is 8.41. The van der Waals surface area contributed by atoms with Crippen LogP contribution in [-0.4, -0.2) is 38.4 Å². The maximum atomic E-state index is 12.4. The van der Waals surface area contributed by atoms with Crippen molar-refractivity contribution in [2.24, 2.45) is 0 Å². The minimum atomic E-state index is -3.83. The minimum absolute atomic E-state index is 0.0262. The van der Waals surface area contributed by atoms with Gasteiger partial charge in [-0.1, -0.05) is 42.5 Å². The van der Waals surface area contributed by atoms with Crippen LogP contribution in [0.4, 0.5) is 11.4 Å². The van der Waals surface area contributed by atoms with Crippen LogP contribution in [-0.2, 0) is 24.3 Å². The molecule has 0 spiro atoms. The van der Waals surface area contributed by atoms with Crippen LogP contribution in [0.1, 0.15) is 6.42 Å². The van der Waals surface area contributed by atoms with Crippen LogP contribution in [0.3, 0.4) is 0 Å². The maximum absolute atomic E-state index is 12.4. The zero-order chi connectivity index (χ0) is 23.1. The molecule has 0 saturated carbocycles. The summed E-state index contributed by atoms with van der Waals surface area (Å²) in [6, 6.07) is 17.5. The molecule has 0 fully saturated rings. The van der Waals surface area contributed by atoms with E-state index in [4.69, 9.17) is 4.74 Å². The molecule has 0 unspecified atom stereocenters. The van der Waals surface area contributed by atoms with E-state index < -0.39 is 33.4 Å². The standard InChI is InChI=1S/C21H19N3O7S/c25-20(23-18-7-3-4-8-19(18)24(27)28)14-31-21(26)11-12-22-32(29,30)17-10-9-15-5-1-2-6-16(15)13-17/h1-10,13,22H,11-12,14H2,(H,23,25). The number of nitrogens with one attached hydrogen (secondary N) is 2. The molecule has 3 aromatic carbocycles. The largest absolute Gasteiger partial charge is 0.456 e. The number of carbonyl (C=O) groups excluding carboxylic acids is 2. The predicted molar refractivity (Wildman–Crippen MR) is 116 cm³/mol. The molecule has 1 amide bonds. The Hall–Kier alpha value is -3.83. The highest BCUT2D eigenvalue weighted by atomic mass is 32.2. The molecule has 32 heavy (non-hydrogen) atoms. The lowest BCUT2D eigenvalue weighted by Gasteiger charge is -2.09. The highest BCUT2D eigenvalue weighted by molar-refractivity contribution is 7.89. The summed E-state index contributed by atoms with van der Waals surface area (Å²) >= 11 is 0. The van der Waals surface area contributed by atoms with Crippen molar-refractivity contribution in [2.75, 3.05) is 18.5 Å². The molecule has 166 valence electrons. The fraction of sp³-hybridized carbons (Fsp3) is 0.143. The van der Waals surface area contributed by atoms with E-state index >= 15 is 0 Å². The number of rotatable bonds is 9. The number of nitro groups is 1. The molecule has 0 heterocycles. The number of para-hydroxylation sites is 2. The zero-order valence-electron chi connectivity index (χ0n) is 16.7. The first-order valence-electron chi connectivity index (χ1n) is 9.43. The van der Waals surface area contributed by atoms with Crippen LogP contribution in [0.25, 0.3) is 10.8 Å². The number of anilines is 1. The van der Waals surface area contributed by atoms with Crippen molar-refractivity contribution >= 4 is 44.0 Å². The summed E-state index contributed by atoms with van der Waals surface area (Å²) in [6.45, 7) is -0.887. The van der Waals surface area contributed by atoms with Gasteiger partial charge in [-0.05, 0) is 29.0 Å². The van der Waals surface area contributed by atoms with Gasteiger partial charge in [0.2, 0.25) is 10.0 Å². The second kappa shape index (κ2) is 9.98. The predicted octanol–water partition coefficient (Wildman–Crippen LogP) is 2.60. The van der Waals surface area contributed by atoms with E-state index in [1.807, 2.05) is 12.1 Å². The van der Waals surface area contributed by atoms with Crippen molar-refractivity contribution in [3.8, 4) is 0 Å². The van der Waals surface area contributed by atoms with E-state index in [2.05, 4.69) is 10.0 Å². The van der Waals surface area contributed by atoms with Gasteiger partial charge in [0.15, 0.2) is 6.61 Å². The topological polar surface area (TPSA) is 145 Å². The lowest BCUT2D eigenvalue weighted by molar-refractivity contribution is -0.383. The Kier molecular flexibility index (Phi) is 7.13. The highest BCUT2D eigenvalue weighted by Gasteiger charge is 2.17. The second-order valence-electron chi connectivity index (χ2n) is 6.64. The summed E-state index contributed by atoms with van der Waals surface area (Å²) < 4.78 is 32.0. The summed E-state index contributed by atoms with van der Waals surface area (Å²) in [7, 11) is -3.83. The third-order valence-corrected chi connectivity index (χ3v) is 5.85. The van der Waals surface area contributed by atoms with Gasteiger partial charge in [0.05, 0.1) is 16.2 Å². The van der Waals surface area contributed by atoms with Gasteiger partial charge in [-0.25, -0.2) is 13.1 Å². The number of hydrogen-bond donors (Lipinski definition) is 2. The summed E-state index contributed by atoms with van der Waals surface area (Å²) in [4.78, 5) is 34.1. The highest BCUT2D eigenvalue weighted by Crippen LogP contribution is 2.23. The van der Waals surface area contributed by atoms with Crippen molar-refractivity contribution in [3.05, 3.63) is 76.8 Å². The molecule has 0 bridgehead atoms. The number of ether oxygens (including phenoxy) is 1. The number of benzene rings is 3. The molecule has 0 aliphatic carbocycles. The summed E-state index contributed by atoms with van der Waals surface area (Å²) in [5, 5.41) is 14.9. The number of amides is 1. The van der Waals surface area contributed by atoms with E-state index in [0.29, 0.717) is 0 Å². The number of esters is 1. The van der Waals surface area contributed by atoms with Crippen LogP contribution in [0.2, 0.25) is 0 Å². The fourth-order valence-electron chi connectivity index (χ4n) is 2.85. The minimum Gasteiger partial charge on any atom is -0.456 e. The number of sulfonamides is 1. The van der Waals surface area contributed by atoms with Gasteiger partial charge in [-0.3, -0.25) is 19.7 Å². The molecule has 11 heteroatoms. The van der Waals surface area contributed by atoms with Crippen molar-refractivity contribution < 1.29 is 27.7 Å². The van der Waals surface area contributed by atoms with E-state index in [0.717, 1.165) is 10.8 Å². The number of nitro benzene ring substituents is 1. The van der Waals surface area contributed by atoms with Gasteiger partial charge >= 0.3 is 5.97 Å². The summed E-state index contributed by atoms with van der Waals surface area (Å²) in [6.07, 6.45) is -0.300. The zero-order valence-corrected chi connectivity index (χ0v) is 17.5. The Morgan fingerprint density at radius 2 is 1.66 bits per heavy atom. The van der Waals surface area contributed by atoms with Crippen LogP contribution in [0.15, 0.2) is 71.6 Å². The molecule has 3 rings (SSSR count). The first-order chi connectivity index (χ1) is 15.3. The molecular formula is C21H19N3O7S. The van der Waals surface area contributed by atoms with Crippen molar-refractivity contribution in [3.63, 3.8) is 0 Å². The number of fused-ring (bicyclic) bond motifs is 1. The van der Waals surface area contributed by atoms with E-state index in [9.17, 15) is 28.1 Å². The Labute approximate surface area is 183 Å². The molecule has 0 aliphatic rings. The molecule has 0 atom stereocenters. The van der Waals surface area contributed by atoms with Crippen LogP contribution >= 0.6 is 0 Å². The quantitative estimate of drug-likeness (QED) is 0.285. The molecule has 10 nitrogen and oxygen atoms in total. The molecule has 2 N–H and O–H groups in total. The van der Waals surface area contributed by atoms with E-state index in [1.54, 1.807) is 18.2 Å². The van der Waals surface area contributed by atoms with E-state index in [1.165, 1.54) is 36.4 Å². The van der Waals surface area contributed by atoms with Crippen LogP contribution < -0.4 is 10.0 Å². The van der Waals surface area contributed by atoms with Gasteiger partial charge < -0.3 is 10.1 Å². The van der Waals surface area contributed by atoms with Crippen molar-refractivity contribution in [1.82, 2.24) is 4.72 Å². The number of hydrogen-bond acceptors (Lipinski definition) is 7. The molecule has 3 aromatic rings. The molecule has 0 aliphatic heterocycles. The molecular weight excluding hydrogens is 438 g/mol. The first-order valence-corrected chi connectivity index (χ1v) is 10.9. The van der Waals surface area contributed by atoms with Gasteiger partial charge in [-0.2, -0.15) is 0 Å². The summed E-state index contributed by atoms with van der Waals surface area (Å²) in [5.74, 6) is -1.56. The maximum Gasteiger partial charge on any atom is 0.307 e. The number of nitrogens with zero attached hydrogens (tertiary/aromatic N) is 1. The average molecular weight is 457 g/mol. The van der Waals surface area contributed by atoms with Crippen molar-refractivity contribution in [2.45, 2.75) is 11.3 Å². The van der Waals surface area contributed by atoms with E-state index in [-0.39, 0.29) is 29.2 Å². The third-order valence-electron chi connectivity index (χ3n) is 4.39. The van der Waals surface area contributed by atoms with Crippen LogP contribution in [0, 0.1) is 10.1 Å². The van der Waals surface area contributed by atoms with Crippen molar-refractivity contribution in [1.29, 1.82) is 0 Å². The third kappa shape index (κ3) is 5.86. The Bertz CT molecular complexity index is 1280. The lowest BCUT2D eigenvalue weighted by atomic mass is 10.1.